The van der Waals surface area contributed by atoms with Crippen molar-refractivity contribution < 1.29 is 5.11 Å². The van der Waals surface area contributed by atoms with E-state index in [1.54, 1.807) is 0 Å². The second-order valence-corrected chi connectivity index (χ2v) is 3.43. The standard InChI is InChI=1S/C9H19NO/c1-2-6-10-9(7-11)8-4-3-5-8/h8-11H,2-7H2,1H3. The molecule has 1 saturated carbocycles. The molecule has 2 N–H and O–H groups in total. The third kappa shape index (κ3) is 2.46. The van der Waals surface area contributed by atoms with Crippen LogP contribution >= 0.6 is 0 Å². The second kappa shape index (κ2) is 4.73. The molecule has 0 aromatic carbocycles. The van der Waals surface area contributed by atoms with Gasteiger partial charge in [0.1, 0.15) is 0 Å². The van der Waals surface area contributed by atoms with E-state index in [0.29, 0.717) is 12.6 Å². The largest absolute Gasteiger partial charge is 0.395 e. The van der Waals surface area contributed by atoms with Gasteiger partial charge in [0.2, 0.25) is 0 Å². The van der Waals surface area contributed by atoms with Gasteiger partial charge in [-0.2, -0.15) is 0 Å². The van der Waals surface area contributed by atoms with E-state index >= 15 is 0 Å². The number of hydrogen-bond acceptors (Lipinski definition) is 2. The van der Waals surface area contributed by atoms with Crippen LogP contribution in [0.1, 0.15) is 32.6 Å². The van der Waals surface area contributed by atoms with Crippen LogP contribution in [0.15, 0.2) is 0 Å². The summed E-state index contributed by atoms with van der Waals surface area (Å²) in [5.41, 5.74) is 0. The first-order valence-electron chi connectivity index (χ1n) is 4.72. The van der Waals surface area contributed by atoms with Gasteiger partial charge in [0.15, 0.2) is 0 Å². The second-order valence-electron chi connectivity index (χ2n) is 3.43. The van der Waals surface area contributed by atoms with Crippen LogP contribution in [0.3, 0.4) is 0 Å². The Labute approximate surface area is 69.0 Å². The normalized spacial score (nSPS) is 21.3. The Hall–Kier alpha value is -0.0800. The first-order chi connectivity index (χ1) is 5.38. The molecular formula is C9H19NO. The van der Waals surface area contributed by atoms with Gasteiger partial charge in [0.05, 0.1) is 6.61 Å². The first-order valence-corrected chi connectivity index (χ1v) is 4.72. The molecule has 1 aliphatic carbocycles. The maximum absolute atomic E-state index is 9.03. The van der Waals surface area contributed by atoms with Crippen molar-refractivity contribution in [1.82, 2.24) is 5.32 Å². The summed E-state index contributed by atoms with van der Waals surface area (Å²) in [6.45, 7) is 3.51. The molecule has 2 nitrogen and oxygen atoms in total. The summed E-state index contributed by atoms with van der Waals surface area (Å²) in [4.78, 5) is 0. The molecule has 2 heteroatoms. The van der Waals surface area contributed by atoms with Crippen LogP contribution in [0.4, 0.5) is 0 Å². The fraction of sp³-hybridized carbons (Fsp3) is 1.00. The lowest BCUT2D eigenvalue weighted by Gasteiger charge is -2.33. The van der Waals surface area contributed by atoms with E-state index in [2.05, 4.69) is 12.2 Å². The van der Waals surface area contributed by atoms with Crippen LogP contribution in [-0.2, 0) is 0 Å². The molecule has 0 bridgehead atoms. The monoisotopic (exact) mass is 157 g/mol. The minimum Gasteiger partial charge on any atom is -0.395 e. The molecule has 0 aromatic heterocycles. The van der Waals surface area contributed by atoms with Gasteiger partial charge in [0, 0.05) is 6.04 Å². The van der Waals surface area contributed by atoms with E-state index in [4.69, 9.17) is 5.11 Å². The van der Waals surface area contributed by atoms with Gasteiger partial charge in [-0.1, -0.05) is 13.3 Å². The number of hydrogen-bond donors (Lipinski definition) is 2. The topological polar surface area (TPSA) is 32.3 Å². The van der Waals surface area contributed by atoms with Crippen LogP contribution in [0.25, 0.3) is 0 Å². The SMILES string of the molecule is CCCNC(CO)C1CCC1. The molecular weight excluding hydrogens is 138 g/mol. The van der Waals surface area contributed by atoms with Crippen LogP contribution in [0, 0.1) is 5.92 Å². The molecule has 0 amide bonds. The number of aliphatic hydroxyl groups excluding tert-OH is 1. The van der Waals surface area contributed by atoms with E-state index in [-0.39, 0.29) is 0 Å². The van der Waals surface area contributed by atoms with E-state index in [1.165, 1.54) is 19.3 Å². The van der Waals surface area contributed by atoms with E-state index in [9.17, 15) is 0 Å². The molecule has 0 saturated heterocycles. The lowest BCUT2D eigenvalue weighted by atomic mass is 9.80. The van der Waals surface area contributed by atoms with Gasteiger partial charge in [-0.05, 0) is 31.7 Å². The van der Waals surface area contributed by atoms with Crippen molar-refractivity contribution in [3.8, 4) is 0 Å². The lowest BCUT2D eigenvalue weighted by Crippen LogP contribution is -2.42. The summed E-state index contributed by atoms with van der Waals surface area (Å²) < 4.78 is 0. The number of nitrogens with one attached hydrogen (secondary N) is 1. The summed E-state index contributed by atoms with van der Waals surface area (Å²) in [7, 11) is 0. The van der Waals surface area contributed by atoms with E-state index in [0.717, 1.165) is 18.9 Å². The molecule has 0 spiro atoms. The highest BCUT2D eigenvalue weighted by Gasteiger charge is 2.25. The third-order valence-electron chi connectivity index (χ3n) is 2.57. The summed E-state index contributed by atoms with van der Waals surface area (Å²) in [5.74, 6) is 0.756. The zero-order valence-corrected chi connectivity index (χ0v) is 7.34. The summed E-state index contributed by atoms with van der Waals surface area (Å²) in [6.07, 6.45) is 5.13. The minimum atomic E-state index is 0.310. The molecule has 1 rings (SSSR count). The number of aliphatic hydroxyl groups is 1. The van der Waals surface area contributed by atoms with Gasteiger partial charge < -0.3 is 10.4 Å². The fourth-order valence-corrected chi connectivity index (χ4v) is 1.55. The van der Waals surface area contributed by atoms with Crippen molar-refractivity contribution in [2.24, 2.45) is 5.92 Å². The van der Waals surface area contributed by atoms with Gasteiger partial charge in [-0.3, -0.25) is 0 Å². The molecule has 11 heavy (non-hydrogen) atoms. The van der Waals surface area contributed by atoms with Gasteiger partial charge >= 0.3 is 0 Å². The lowest BCUT2D eigenvalue weighted by molar-refractivity contribution is 0.149. The van der Waals surface area contributed by atoms with Crippen LogP contribution in [0.2, 0.25) is 0 Å². The molecule has 1 atom stereocenters. The molecule has 1 unspecified atom stereocenters. The molecule has 0 aliphatic heterocycles. The van der Waals surface area contributed by atoms with Crippen molar-refractivity contribution >= 4 is 0 Å². The number of rotatable bonds is 5. The van der Waals surface area contributed by atoms with E-state index in [1.807, 2.05) is 0 Å². The van der Waals surface area contributed by atoms with E-state index < -0.39 is 0 Å². The quantitative estimate of drug-likeness (QED) is 0.627. The Morgan fingerprint density at radius 1 is 1.55 bits per heavy atom. The molecule has 0 heterocycles. The Morgan fingerprint density at radius 3 is 2.64 bits per heavy atom. The van der Waals surface area contributed by atoms with Gasteiger partial charge in [0.25, 0.3) is 0 Å². The first kappa shape index (κ1) is 9.01. The highest BCUT2D eigenvalue weighted by molar-refractivity contribution is 4.81. The fourth-order valence-electron chi connectivity index (χ4n) is 1.55. The highest BCUT2D eigenvalue weighted by Crippen LogP contribution is 2.29. The Bertz CT molecular complexity index is 102. The highest BCUT2D eigenvalue weighted by atomic mass is 16.3. The summed E-state index contributed by atoms with van der Waals surface area (Å²) in [5, 5.41) is 12.4. The molecule has 0 radical (unpaired) electrons. The van der Waals surface area contributed by atoms with Crippen molar-refractivity contribution in [3.05, 3.63) is 0 Å². The Balaban J connectivity index is 2.13. The van der Waals surface area contributed by atoms with Crippen molar-refractivity contribution in [3.63, 3.8) is 0 Å². The van der Waals surface area contributed by atoms with Crippen molar-refractivity contribution in [2.45, 2.75) is 38.6 Å². The van der Waals surface area contributed by atoms with Crippen LogP contribution in [-0.4, -0.2) is 24.3 Å². The average molecular weight is 157 g/mol. The smallest absolute Gasteiger partial charge is 0.0587 e. The maximum Gasteiger partial charge on any atom is 0.0587 e. The van der Waals surface area contributed by atoms with Crippen molar-refractivity contribution in [1.29, 1.82) is 0 Å². The zero-order chi connectivity index (χ0) is 8.10. The molecule has 66 valence electrons. The molecule has 1 fully saturated rings. The maximum atomic E-state index is 9.03. The Kier molecular flexibility index (Phi) is 3.87. The Morgan fingerprint density at radius 2 is 2.27 bits per heavy atom. The molecule has 1 aliphatic rings. The third-order valence-corrected chi connectivity index (χ3v) is 2.57. The predicted molar refractivity (Wildman–Crippen MR) is 46.5 cm³/mol. The summed E-state index contributed by atoms with van der Waals surface area (Å²) in [6, 6.07) is 0.378. The van der Waals surface area contributed by atoms with Crippen LogP contribution in [0.5, 0.6) is 0 Å². The van der Waals surface area contributed by atoms with Crippen molar-refractivity contribution in [2.75, 3.05) is 13.2 Å². The van der Waals surface area contributed by atoms with Gasteiger partial charge in [-0.25, -0.2) is 0 Å². The predicted octanol–water partition coefficient (Wildman–Crippen LogP) is 1.15. The zero-order valence-electron chi connectivity index (χ0n) is 7.34. The van der Waals surface area contributed by atoms with Crippen LogP contribution < -0.4 is 5.32 Å². The van der Waals surface area contributed by atoms with Gasteiger partial charge in [-0.15, -0.1) is 0 Å². The average Bonchev–Trinajstić information content (AvgIpc) is 1.93. The molecule has 0 aromatic rings. The minimum absolute atomic E-state index is 0.310. The summed E-state index contributed by atoms with van der Waals surface area (Å²) >= 11 is 0.